The Morgan fingerprint density at radius 2 is 2.29 bits per heavy atom. The van der Waals surface area contributed by atoms with Crippen LogP contribution in [-0.4, -0.2) is 23.2 Å². The van der Waals surface area contributed by atoms with Crippen LogP contribution in [0.1, 0.15) is 6.92 Å². The maximum Gasteiger partial charge on any atom is 0.0555 e. The minimum Gasteiger partial charge on any atom is -0.395 e. The second-order valence-corrected chi connectivity index (χ2v) is 4.16. The third-order valence-electron chi connectivity index (χ3n) is 0.518. The Balaban J connectivity index is 2.83. The van der Waals surface area contributed by atoms with Crippen molar-refractivity contribution in [3.8, 4) is 0 Å². The highest BCUT2D eigenvalue weighted by Crippen LogP contribution is 2.22. The Hall–Kier alpha value is 0.660. The number of aliphatic hydroxyl groups excluding tert-OH is 1. The highest BCUT2D eigenvalue weighted by molar-refractivity contribution is 8.76. The minimum atomic E-state index is 0.283. The van der Waals surface area contributed by atoms with Crippen LogP contribution in [0.3, 0.4) is 0 Å². The maximum absolute atomic E-state index is 8.43. The van der Waals surface area contributed by atoms with Crippen molar-refractivity contribution in [1.82, 2.24) is 0 Å². The van der Waals surface area contributed by atoms with E-state index in [9.17, 15) is 0 Å². The van der Waals surface area contributed by atoms with E-state index in [2.05, 4.69) is 0 Å². The molecule has 44 valence electrons. The second-order valence-electron chi connectivity index (χ2n) is 1.26. The molecule has 0 spiro atoms. The van der Waals surface area contributed by atoms with E-state index >= 15 is 0 Å². The summed E-state index contributed by atoms with van der Waals surface area (Å²) >= 11 is 0. The van der Waals surface area contributed by atoms with Gasteiger partial charge in [0.25, 0.3) is 0 Å². The molecule has 1 unspecified atom stereocenters. The van der Waals surface area contributed by atoms with Crippen molar-refractivity contribution >= 4 is 21.6 Å². The van der Waals surface area contributed by atoms with Gasteiger partial charge in [0.1, 0.15) is 0 Å². The van der Waals surface area contributed by atoms with Gasteiger partial charge >= 0.3 is 0 Å². The van der Waals surface area contributed by atoms with E-state index in [0.717, 1.165) is 0 Å². The Bertz CT molecular complexity index is 40.7. The van der Waals surface area contributed by atoms with Crippen molar-refractivity contribution in [2.45, 2.75) is 12.2 Å². The fourth-order valence-corrected chi connectivity index (χ4v) is 1.75. The zero-order valence-electron chi connectivity index (χ0n) is 4.55. The van der Waals surface area contributed by atoms with Gasteiger partial charge in [0.15, 0.2) is 0 Å². The molecule has 0 fully saturated rings. The van der Waals surface area contributed by atoms with E-state index in [-0.39, 0.29) is 6.61 Å². The van der Waals surface area contributed by atoms with Gasteiger partial charge in [-0.1, -0.05) is 28.5 Å². The summed E-state index contributed by atoms with van der Waals surface area (Å²) < 4.78 is 0. The number of hydrogen-bond acceptors (Lipinski definition) is 3. The normalized spacial score (nSPS) is 14.1. The summed E-state index contributed by atoms with van der Waals surface area (Å²) in [5.74, 6) is 0. The lowest BCUT2D eigenvalue weighted by Gasteiger charge is -2.00. The molecule has 0 amide bonds. The van der Waals surface area contributed by atoms with Crippen LogP contribution in [0.2, 0.25) is 0 Å². The second kappa shape index (κ2) is 4.81. The molecule has 0 aliphatic rings. The highest BCUT2D eigenvalue weighted by atomic mass is 33.1. The summed E-state index contributed by atoms with van der Waals surface area (Å²) in [7, 11) is 3.39. The highest BCUT2D eigenvalue weighted by Gasteiger charge is 1.95. The standard InChI is InChI=1S/C4H10OS2/c1-4(3-5)7-6-2/h4-5H,3H2,1-2H3. The molecule has 3 heteroatoms. The van der Waals surface area contributed by atoms with E-state index in [0.29, 0.717) is 5.25 Å². The van der Waals surface area contributed by atoms with E-state index in [4.69, 9.17) is 5.11 Å². The SMILES string of the molecule is CSSC(C)CO. The van der Waals surface area contributed by atoms with Gasteiger partial charge in [0.05, 0.1) is 6.61 Å². The summed E-state index contributed by atoms with van der Waals surface area (Å²) in [4.78, 5) is 0. The molecule has 0 aromatic carbocycles. The van der Waals surface area contributed by atoms with Crippen LogP contribution in [0, 0.1) is 0 Å². The number of aliphatic hydroxyl groups is 1. The van der Waals surface area contributed by atoms with Crippen molar-refractivity contribution in [3.05, 3.63) is 0 Å². The lowest BCUT2D eigenvalue weighted by molar-refractivity contribution is 0.300. The first-order chi connectivity index (χ1) is 3.31. The van der Waals surface area contributed by atoms with Gasteiger partial charge in [-0.2, -0.15) is 0 Å². The summed E-state index contributed by atoms with van der Waals surface area (Å²) in [6, 6.07) is 0. The van der Waals surface area contributed by atoms with E-state index in [1.165, 1.54) is 0 Å². The summed E-state index contributed by atoms with van der Waals surface area (Å²) in [5.41, 5.74) is 0. The fourth-order valence-electron chi connectivity index (χ4n) is 0.195. The lowest BCUT2D eigenvalue weighted by atomic mass is 10.5. The zero-order valence-corrected chi connectivity index (χ0v) is 6.18. The van der Waals surface area contributed by atoms with Crippen molar-refractivity contribution in [1.29, 1.82) is 0 Å². The molecule has 0 aromatic rings. The Kier molecular flexibility index (Phi) is 5.26. The van der Waals surface area contributed by atoms with Crippen LogP contribution in [0.5, 0.6) is 0 Å². The molecule has 1 atom stereocenters. The molecule has 7 heavy (non-hydrogen) atoms. The van der Waals surface area contributed by atoms with Crippen molar-refractivity contribution in [2.75, 3.05) is 12.9 Å². The minimum absolute atomic E-state index is 0.283. The molecule has 0 radical (unpaired) electrons. The summed E-state index contributed by atoms with van der Waals surface area (Å²) in [6.07, 6.45) is 2.01. The first-order valence-electron chi connectivity index (χ1n) is 2.11. The average molecular weight is 138 g/mol. The van der Waals surface area contributed by atoms with Gasteiger partial charge in [-0.15, -0.1) is 0 Å². The first kappa shape index (κ1) is 7.66. The molecule has 0 heterocycles. The third-order valence-corrected chi connectivity index (χ3v) is 2.75. The van der Waals surface area contributed by atoms with Crippen molar-refractivity contribution in [2.24, 2.45) is 0 Å². The van der Waals surface area contributed by atoms with Crippen LogP contribution in [0.4, 0.5) is 0 Å². The van der Waals surface area contributed by atoms with Crippen molar-refractivity contribution < 1.29 is 5.11 Å². The molecule has 0 saturated heterocycles. The Morgan fingerprint density at radius 1 is 1.71 bits per heavy atom. The zero-order chi connectivity index (χ0) is 5.70. The molecular weight excluding hydrogens is 128 g/mol. The van der Waals surface area contributed by atoms with Gasteiger partial charge in [-0.05, 0) is 6.26 Å². The van der Waals surface area contributed by atoms with Crippen LogP contribution in [0.25, 0.3) is 0 Å². The molecule has 0 aliphatic carbocycles. The fraction of sp³-hybridized carbons (Fsp3) is 1.00. The summed E-state index contributed by atoms with van der Waals surface area (Å²) in [5, 5.41) is 8.82. The first-order valence-corrected chi connectivity index (χ1v) is 4.73. The van der Waals surface area contributed by atoms with E-state index in [1.54, 1.807) is 21.6 Å². The van der Waals surface area contributed by atoms with Crippen LogP contribution < -0.4 is 0 Å². The molecule has 0 bridgehead atoms. The van der Waals surface area contributed by atoms with E-state index in [1.807, 2.05) is 13.2 Å². The summed E-state index contributed by atoms with van der Waals surface area (Å²) in [6.45, 7) is 2.28. The van der Waals surface area contributed by atoms with Gasteiger partial charge in [0, 0.05) is 5.25 Å². The average Bonchev–Trinajstić information content (AvgIpc) is 1.68. The molecule has 1 nitrogen and oxygen atoms in total. The monoisotopic (exact) mass is 138 g/mol. The van der Waals surface area contributed by atoms with Gasteiger partial charge in [0.2, 0.25) is 0 Å². The van der Waals surface area contributed by atoms with Crippen LogP contribution in [-0.2, 0) is 0 Å². The van der Waals surface area contributed by atoms with Crippen LogP contribution >= 0.6 is 21.6 Å². The van der Waals surface area contributed by atoms with Crippen molar-refractivity contribution in [3.63, 3.8) is 0 Å². The lowest BCUT2D eigenvalue weighted by Crippen LogP contribution is -1.98. The molecule has 1 N–H and O–H groups in total. The smallest absolute Gasteiger partial charge is 0.0555 e. The van der Waals surface area contributed by atoms with Crippen LogP contribution in [0.15, 0.2) is 0 Å². The maximum atomic E-state index is 8.43. The largest absolute Gasteiger partial charge is 0.395 e. The van der Waals surface area contributed by atoms with E-state index < -0.39 is 0 Å². The molecule has 0 aliphatic heterocycles. The van der Waals surface area contributed by atoms with Gasteiger partial charge in [-0.3, -0.25) is 0 Å². The number of hydrogen-bond donors (Lipinski definition) is 1. The molecule has 0 saturated carbocycles. The topological polar surface area (TPSA) is 20.2 Å². The Labute approximate surface area is 52.3 Å². The van der Waals surface area contributed by atoms with Gasteiger partial charge < -0.3 is 5.11 Å². The third kappa shape index (κ3) is 4.51. The molecule has 0 rings (SSSR count). The Morgan fingerprint density at radius 3 is 2.43 bits per heavy atom. The predicted molar refractivity (Wildman–Crippen MR) is 37.7 cm³/mol. The number of rotatable bonds is 3. The van der Waals surface area contributed by atoms with Gasteiger partial charge in [-0.25, -0.2) is 0 Å². The quantitative estimate of drug-likeness (QED) is 0.595. The predicted octanol–water partition coefficient (Wildman–Crippen LogP) is 1.38. The molecular formula is C4H10OS2. The molecule has 0 aromatic heterocycles.